The van der Waals surface area contributed by atoms with E-state index in [2.05, 4.69) is 36.2 Å². The summed E-state index contributed by atoms with van der Waals surface area (Å²) in [6, 6.07) is 6.91. The van der Waals surface area contributed by atoms with Gasteiger partial charge in [0, 0.05) is 19.1 Å². The molecular formula is C17H26N2O2. The molecule has 2 heterocycles. The smallest absolute Gasteiger partial charge is 0.231 e. The molecule has 0 radical (unpaired) electrons. The van der Waals surface area contributed by atoms with Crippen molar-refractivity contribution in [3.05, 3.63) is 23.8 Å². The Morgan fingerprint density at radius 1 is 1.33 bits per heavy atom. The van der Waals surface area contributed by atoms with Crippen LogP contribution in [0.15, 0.2) is 18.2 Å². The second-order valence-corrected chi connectivity index (χ2v) is 6.22. The third-order valence-electron chi connectivity index (χ3n) is 4.69. The minimum absolute atomic E-state index is 0.350. The fraction of sp³-hybridized carbons (Fsp3) is 0.647. The lowest BCUT2D eigenvalue weighted by Crippen LogP contribution is -2.41. The number of hydrogen-bond acceptors (Lipinski definition) is 4. The molecule has 2 aliphatic heterocycles. The Labute approximate surface area is 127 Å². The molecule has 3 rings (SSSR count). The zero-order valence-corrected chi connectivity index (χ0v) is 13.1. The Bertz CT molecular complexity index is 478. The molecule has 0 saturated carbocycles. The fourth-order valence-electron chi connectivity index (χ4n) is 3.13. The maximum atomic E-state index is 5.48. The Morgan fingerprint density at radius 3 is 3.05 bits per heavy atom. The highest BCUT2D eigenvalue weighted by atomic mass is 16.7. The van der Waals surface area contributed by atoms with Gasteiger partial charge >= 0.3 is 0 Å². The van der Waals surface area contributed by atoms with Gasteiger partial charge in [-0.3, -0.25) is 4.90 Å². The van der Waals surface area contributed by atoms with Crippen molar-refractivity contribution in [3.8, 4) is 11.5 Å². The number of fused-ring (bicyclic) bond motifs is 1. The second-order valence-electron chi connectivity index (χ2n) is 6.22. The van der Waals surface area contributed by atoms with Crippen LogP contribution in [0, 0.1) is 5.92 Å². The number of nitrogens with zero attached hydrogens (tertiary/aromatic N) is 1. The summed E-state index contributed by atoms with van der Waals surface area (Å²) in [4.78, 5) is 2.56. The first kappa shape index (κ1) is 14.7. The lowest BCUT2D eigenvalue weighted by Gasteiger charge is -2.28. The monoisotopic (exact) mass is 290 g/mol. The number of nitrogens with one attached hydrogen (secondary N) is 1. The van der Waals surface area contributed by atoms with Gasteiger partial charge in [0.15, 0.2) is 11.5 Å². The fourth-order valence-corrected chi connectivity index (χ4v) is 3.13. The van der Waals surface area contributed by atoms with Crippen LogP contribution in [0.1, 0.15) is 32.3 Å². The van der Waals surface area contributed by atoms with Gasteiger partial charge in [-0.1, -0.05) is 26.3 Å². The van der Waals surface area contributed by atoms with E-state index >= 15 is 0 Å². The van der Waals surface area contributed by atoms with Gasteiger partial charge in [-0.2, -0.15) is 0 Å². The van der Waals surface area contributed by atoms with Crippen molar-refractivity contribution in [3.63, 3.8) is 0 Å². The summed E-state index contributed by atoms with van der Waals surface area (Å²) in [5, 5.41) is 3.70. The molecule has 0 bridgehead atoms. The van der Waals surface area contributed by atoms with Gasteiger partial charge < -0.3 is 14.8 Å². The van der Waals surface area contributed by atoms with Gasteiger partial charge in [0.25, 0.3) is 0 Å². The zero-order valence-electron chi connectivity index (χ0n) is 13.1. The molecule has 1 N–H and O–H groups in total. The normalized spacial score (nSPS) is 23.8. The first-order valence-corrected chi connectivity index (χ1v) is 8.10. The highest BCUT2D eigenvalue weighted by Crippen LogP contribution is 2.32. The van der Waals surface area contributed by atoms with Gasteiger partial charge in [-0.05, 0) is 43.1 Å². The third-order valence-corrected chi connectivity index (χ3v) is 4.69. The van der Waals surface area contributed by atoms with E-state index in [1.54, 1.807) is 0 Å². The van der Waals surface area contributed by atoms with Gasteiger partial charge in [0.2, 0.25) is 6.79 Å². The average molecular weight is 290 g/mol. The van der Waals surface area contributed by atoms with E-state index in [-0.39, 0.29) is 0 Å². The summed E-state index contributed by atoms with van der Waals surface area (Å²) >= 11 is 0. The highest BCUT2D eigenvalue weighted by molar-refractivity contribution is 5.44. The molecule has 0 aliphatic carbocycles. The van der Waals surface area contributed by atoms with Crippen LogP contribution in [0.4, 0.5) is 0 Å². The number of ether oxygens (including phenoxy) is 2. The van der Waals surface area contributed by atoms with E-state index in [9.17, 15) is 0 Å². The molecule has 0 aromatic heterocycles. The number of hydrogen-bond donors (Lipinski definition) is 1. The summed E-state index contributed by atoms with van der Waals surface area (Å²) in [6.07, 6.45) is 2.45. The van der Waals surface area contributed by atoms with E-state index in [1.807, 2.05) is 6.07 Å². The predicted octanol–water partition coefficient (Wildman–Crippen LogP) is 2.63. The molecular weight excluding hydrogens is 264 g/mol. The molecule has 2 unspecified atom stereocenters. The largest absolute Gasteiger partial charge is 0.454 e. The molecule has 1 saturated heterocycles. The van der Waals surface area contributed by atoms with Crippen molar-refractivity contribution >= 4 is 0 Å². The lowest BCUT2D eigenvalue weighted by molar-refractivity contribution is 0.174. The van der Waals surface area contributed by atoms with Gasteiger partial charge in [0.05, 0.1) is 0 Å². The van der Waals surface area contributed by atoms with Crippen molar-refractivity contribution in [1.29, 1.82) is 0 Å². The molecule has 21 heavy (non-hydrogen) atoms. The van der Waals surface area contributed by atoms with E-state index in [4.69, 9.17) is 9.47 Å². The lowest BCUT2D eigenvalue weighted by atomic mass is 9.99. The summed E-state index contributed by atoms with van der Waals surface area (Å²) < 4.78 is 10.9. The molecule has 2 aliphatic rings. The first-order valence-electron chi connectivity index (χ1n) is 8.10. The van der Waals surface area contributed by atoms with E-state index in [0.29, 0.717) is 12.8 Å². The maximum absolute atomic E-state index is 5.48. The van der Waals surface area contributed by atoms with Crippen LogP contribution in [0.2, 0.25) is 0 Å². The maximum Gasteiger partial charge on any atom is 0.231 e. The highest BCUT2D eigenvalue weighted by Gasteiger charge is 2.22. The summed E-state index contributed by atoms with van der Waals surface area (Å²) in [6.45, 7) is 9.39. The van der Waals surface area contributed by atoms with Crippen molar-refractivity contribution in [2.45, 2.75) is 39.3 Å². The minimum atomic E-state index is 0.350. The summed E-state index contributed by atoms with van der Waals surface area (Å²) in [5.74, 6) is 2.48. The van der Waals surface area contributed by atoms with Crippen molar-refractivity contribution in [2.75, 3.05) is 26.4 Å². The van der Waals surface area contributed by atoms with Crippen LogP contribution in [0.25, 0.3) is 0 Å². The summed E-state index contributed by atoms with van der Waals surface area (Å²) in [7, 11) is 0. The molecule has 4 heteroatoms. The third kappa shape index (κ3) is 3.50. The molecule has 0 spiro atoms. The van der Waals surface area contributed by atoms with E-state index in [1.165, 1.54) is 18.4 Å². The van der Waals surface area contributed by atoms with Crippen molar-refractivity contribution < 1.29 is 9.47 Å². The van der Waals surface area contributed by atoms with Crippen molar-refractivity contribution in [2.24, 2.45) is 5.92 Å². The Balaban J connectivity index is 1.65. The minimum Gasteiger partial charge on any atom is -0.454 e. The van der Waals surface area contributed by atoms with Gasteiger partial charge in [-0.25, -0.2) is 0 Å². The molecule has 2 atom stereocenters. The molecule has 1 aromatic carbocycles. The number of benzene rings is 1. The second kappa shape index (κ2) is 6.67. The van der Waals surface area contributed by atoms with Crippen LogP contribution in [-0.4, -0.2) is 37.4 Å². The first-order chi connectivity index (χ1) is 10.3. The van der Waals surface area contributed by atoms with Gasteiger partial charge in [-0.15, -0.1) is 0 Å². The number of rotatable bonds is 4. The van der Waals surface area contributed by atoms with Crippen LogP contribution >= 0.6 is 0 Å². The molecule has 1 fully saturated rings. The van der Waals surface area contributed by atoms with Crippen LogP contribution in [0.5, 0.6) is 11.5 Å². The SMILES string of the molecule is CCC(C)C1CN(Cc2ccc3c(c2)OCO3)CCCN1. The van der Waals surface area contributed by atoms with Crippen LogP contribution in [0.3, 0.4) is 0 Å². The van der Waals surface area contributed by atoms with Gasteiger partial charge in [0.1, 0.15) is 0 Å². The van der Waals surface area contributed by atoms with E-state index < -0.39 is 0 Å². The zero-order chi connectivity index (χ0) is 14.7. The Hall–Kier alpha value is -1.26. The standard InChI is InChI=1S/C17H26N2O2/c1-3-13(2)15-11-19(8-4-7-18-15)10-14-5-6-16-17(9-14)21-12-20-16/h5-6,9,13,15,18H,3-4,7-8,10-12H2,1-2H3. The topological polar surface area (TPSA) is 33.7 Å². The van der Waals surface area contributed by atoms with E-state index in [0.717, 1.165) is 43.6 Å². The molecule has 1 aromatic rings. The predicted molar refractivity (Wildman–Crippen MR) is 83.7 cm³/mol. The molecule has 116 valence electrons. The molecule has 0 amide bonds. The van der Waals surface area contributed by atoms with Crippen LogP contribution in [-0.2, 0) is 6.54 Å². The van der Waals surface area contributed by atoms with Crippen LogP contribution < -0.4 is 14.8 Å². The quantitative estimate of drug-likeness (QED) is 0.924. The Kier molecular flexibility index (Phi) is 4.66. The summed E-state index contributed by atoms with van der Waals surface area (Å²) in [5.41, 5.74) is 1.31. The Morgan fingerprint density at radius 2 is 2.19 bits per heavy atom. The van der Waals surface area contributed by atoms with Crippen molar-refractivity contribution in [1.82, 2.24) is 10.2 Å². The average Bonchev–Trinajstić information content (AvgIpc) is 2.84. The molecule has 4 nitrogen and oxygen atoms in total.